The van der Waals surface area contributed by atoms with Gasteiger partial charge in [0.05, 0.1) is 11.9 Å². The molecule has 2 fully saturated rings. The zero-order valence-electron chi connectivity index (χ0n) is 16.2. The van der Waals surface area contributed by atoms with Crippen molar-refractivity contribution >= 4 is 23.5 Å². The number of nitrogens with zero attached hydrogens (tertiary/aromatic N) is 5. The largest absolute Gasteiger partial charge is 0.468 e. The summed E-state index contributed by atoms with van der Waals surface area (Å²) in [4.78, 5) is 40.9. The number of ether oxygens (including phenoxy) is 1. The van der Waals surface area contributed by atoms with Gasteiger partial charge < -0.3 is 19.9 Å². The molecule has 0 atom stereocenters. The Bertz CT molecular complexity index is 841. The molecule has 0 radical (unpaired) electrons. The quantitative estimate of drug-likeness (QED) is 0.786. The van der Waals surface area contributed by atoms with Crippen LogP contribution < -0.4 is 15.0 Å². The second-order valence-corrected chi connectivity index (χ2v) is 7.21. The Morgan fingerprint density at radius 2 is 1.90 bits per heavy atom. The number of anilines is 2. The van der Waals surface area contributed by atoms with Crippen LogP contribution in [0.15, 0.2) is 36.8 Å². The number of rotatable bonds is 6. The summed E-state index contributed by atoms with van der Waals surface area (Å²) in [6.45, 7) is 2.70. The molecule has 1 saturated carbocycles. The first kappa shape index (κ1) is 19.1. The maximum absolute atomic E-state index is 12.5. The van der Waals surface area contributed by atoms with Crippen molar-refractivity contribution in [2.45, 2.75) is 19.3 Å². The van der Waals surface area contributed by atoms with E-state index in [0.29, 0.717) is 37.1 Å². The van der Waals surface area contributed by atoms with Crippen molar-refractivity contribution in [3.05, 3.63) is 36.8 Å². The van der Waals surface area contributed by atoms with Gasteiger partial charge in [-0.3, -0.25) is 9.59 Å². The first-order chi connectivity index (χ1) is 14.2. The van der Waals surface area contributed by atoms with Crippen LogP contribution in [-0.2, 0) is 9.59 Å². The molecule has 3 heterocycles. The molecule has 9 heteroatoms. The number of hydrogen-bond acceptors (Lipinski definition) is 7. The minimum atomic E-state index is -0.0752. The fraction of sp³-hybridized carbons (Fsp3) is 0.450. The summed E-state index contributed by atoms with van der Waals surface area (Å²) >= 11 is 0. The van der Waals surface area contributed by atoms with Gasteiger partial charge in [0.15, 0.2) is 6.61 Å². The molecule has 0 bridgehead atoms. The van der Waals surface area contributed by atoms with Crippen LogP contribution in [0.1, 0.15) is 19.3 Å². The minimum absolute atomic E-state index is 0.0340. The molecule has 2 aromatic rings. The summed E-state index contributed by atoms with van der Waals surface area (Å²) in [5.74, 6) is 1.15. The van der Waals surface area contributed by atoms with Gasteiger partial charge in [-0.1, -0.05) is 0 Å². The molecular weight excluding hydrogens is 372 g/mol. The van der Waals surface area contributed by atoms with Gasteiger partial charge in [0.25, 0.3) is 5.91 Å². The van der Waals surface area contributed by atoms with Crippen LogP contribution in [0.3, 0.4) is 0 Å². The fourth-order valence-electron chi connectivity index (χ4n) is 3.18. The Balaban J connectivity index is 1.24. The molecule has 2 amide bonds. The molecule has 9 nitrogen and oxygen atoms in total. The first-order valence-corrected chi connectivity index (χ1v) is 9.88. The lowest BCUT2D eigenvalue weighted by Crippen LogP contribution is -2.38. The molecule has 1 saturated heterocycles. The lowest BCUT2D eigenvalue weighted by atomic mass is 10.3. The average molecular weight is 396 g/mol. The molecule has 2 aliphatic rings. The van der Waals surface area contributed by atoms with Gasteiger partial charge >= 0.3 is 0 Å². The monoisotopic (exact) mass is 396 g/mol. The molecule has 0 unspecified atom stereocenters. The van der Waals surface area contributed by atoms with Crippen molar-refractivity contribution < 1.29 is 14.3 Å². The van der Waals surface area contributed by atoms with Crippen molar-refractivity contribution in [2.24, 2.45) is 5.92 Å². The van der Waals surface area contributed by atoms with E-state index in [2.05, 4.69) is 25.2 Å². The van der Waals surface area contributed by atoms with Gasteiger partial charge in [0.1, 0.15) is 0 Å². The smallest absolute Gasteiger partial charge is 0.260 e. The van der Waals surface area contributed by atoms with E-state index in [1.165, 1.54) is 0 Å². The Morgan fingerprint density at radius 1 is 1.07 bits per heavy atom. The molecule has 4 rings (SSSR count). The summed E-state index contributed by atoms with van der Waals surface area (Å²) < 4.78 is 5.54. The van der Waals surface area contributed by atoms with E-state index >= 15 is 0 Å². The van der Waals surface area contributed by atoms with Gasteiger partial charge in [0.2, 0.25) is 17.7 Å². The van der Waals surface area contributed by atoms with Gasteiger partial charge in [-0.2, -0.15) is 0 Å². The van der Waals surface area contributed by atoms with E-state index < -0.39 is 0 Å². The van der Waals surface area contributed by atoms with Crippen LogP contribution in [0.4, 0.5) is 11.6 Å². The van der Waals surface area contributed by atoms with Crippen molar-refractivity contribution in [2.75, 3.05) is 43.0 Å². The molecular formula is C20H24N6O3. The SMILES string of the molecule is O=C(Nc1ccc(OCC(=O)N2CCCN(c3ncccn3)CC2)nc1)C1CC1. The predicted octanol–water partition coefficient (Wildman–Crippen LogP) is 1.34. The summed E-state index contributed by atoms with van der Waals surface area (Å²) in [5, 5.41) is 2.83. The molecule has 1 aliphatic heterocycles. The summed E-state index contributed by atoms with van der Waals surface area (Å²) in [6, 6.07) is 5.18. The number of carbonyl (C=O) groups is 2. The predicted molar refractivity (Wildman–Crippen MR) is 107 cm³/mol. The average Bonchev–Trinajstić information content (AvgIpc) is 3.60. The van der Waals surface area contributed by atoms with Gasteiger partial charge in [0, 0.05) is 50.6 Å². The van der Waals surface area contributed by atoms with E-state index in [1.807, 2.05) is 0 Å². The number of hydrogen-bond donors (Lipinski definition) is 1. The second kappa shape index (κ2) is 8.85. The normalized spacial score (nSPS) is 16.8. The lowest BCUT2D eigenvalue weighted by molar-refractivity contribution is -0.133. The Hall–Kier alpha value is -3.23. The highest BCUT2D eigenvalue weighted by atomic mass is 16.5. The second-order valence-electron chi connectivity index (χ2n) is 7.21. The van der Waals surface area contributed by atoms with Crippen LogP contribution in [0.25, 0.3) is 0 Å². The minimum Gasteiger partial charge on any atom is -0.468 e. The third-order valence-electron chi connectivity index (χ3n) is 4.98. The van der Waals surface area contributed by atoms with E-state index in [-0.39, 0.29) is 24.3 Å². The van der Waals surface area contributed by atoms with Crippen LogP contribution in [-0.4, -0.2) is 64.5 Å². The summed E-state index contributed by atoms with van der Waals surface area (Å²) in [6.07, 6.45) is 7.74. The summed E-state index contributed by atoms with van der Waals surface area (Å²) in [7, 11) is 0. The maximum Gasteiger partial charge on any atom is 0.260 e. The zero-order chi connectivity index (χ0) is 20.1. The number of amides is 2. The molecule has 0 spiro atoms. The maximum atomic E-state index is 12.5. The summed E-state index contributed by atoms with van der Waals surface area (Å²) in [5.41, 5.74) is 0.635. The number of carbonyl (C=O) groups excluding carboxylic acids is 2. The Kier molecular flexibility index (Phi) is 5.83. The van der Waals surface area contributed by atoms with Crippen LogP contribution in [0.2, 0.25) is 0 Å². The standard InChI is InChI=1S/C20H24N6O3/c27-18(25-9-2-10-26(12-11-25)20-21-7-1-8-22-20)14-29-17-6-5-16(13-23-17)24-19(28)15-3-4-15/h1,5-8,13,15H,2-4,9-12,14H2,(H,24,28). The van der Waals surface area contributed by atoms with Gasteiger partial charge in [-0.15, -0.1) is 0 Å². The van der Waals surface area contributed by atoms with E-state index in [1.54, 1.807) is 41.7 Å². The van der Waals surface area contributed by atoms with Crippen LogP contribution >= 0.6 is 0 Å². The molecule has 1 N–H and O–H groups in total. The molecule has 152 valence electrons. The highest BCUT2D eigenvalue weighted by molar-refractivity contribution is 5.93. The topological polar surface area (TPSA) is 101 Å². The molecule has 0 aromatic carbocycles. The van der Waals surface area contributed by atoms with Crippen molar-refractivity contribution in [3.63, 3.8) is 0 Å². The van der Waals surface area contributed by atoms with Crippen LogP contribution in [0.5, 0.6) is 5.88 Å². The zero-order valence-corrected chi connectivity index (χ0v) is 16.2. The molecule has 29 heavy (non-hydrogen) atoms. The van der Waals surface area contributed by atoms with Crippen molar-refractivity contribution in [3.8, 4) is 5.88 Å². The number of aromatic nitrogens is 3. The van der Waals surface area contributed by atoms with Crippen LogP contribution in [0, 0.1) is 5.92 Å². The van der Waals surface area contributed by atoms with Gasteiger partial charge in [-0.25, -0.2) is 15.0 Å². The van der Waals surface area contributed by atoms with Gasteiger partial charge in [-0.05, 0) is 31.4 Å². The lowest BCUT2D eigenvalue weighted by Gasteiger charge is -2.22. The molecule has 1 aliphatic carbocycles. The fourth-order valence-corrected chi connectivity index (χ4v) is 3.18. The van der Waals surface area contributed by atoms with Crippen molar-refractivity contribution in [1.29, 1.82) is 0 Å². The Labute approximate surface area is 169 Å². The number of nitrogens with one attached hydrogen (secondary N) is 1. The van der Waals surface area contributed by atoms with Crippen molar-refractivity contribution in [1.82, 2.24) is 19.9 Å². The first-order valence-electron chi connectivity index (χ1n) is 9.88. The Morgan fingerprint density at radius 3 is 2.62 bits per heavy atom. The van der Waals surface area contributed by atoms with E-state index in [0.717, 1.165) is 25.8 Å². The van der Waals surface area contributed by atoms with E-state index in [4.69, 9.17) is 4.74 Å². The highest BCUT2D eigenvalue weighted by Gasteiger charge is 2.29. The van der Waals surface area contributed by atoms with E-state index in [9.17, 15) is 9.59 Å². The highest BCUT2D eigenvalue weighted by Crippen LogP contribution is 2.30. The third kappa shape index (κ3) is 5.18. The number of pyridine rings is 1. The molecule has 2 aromatic heterocycles. The third-order valence-corrected chi connectivity index (χ3v) is 4.98.